The average Bonchev–Trinajstić information content (AvgIpc) is 1.36. The van der Waals surface area contributed by atoms with Crippen LogP contribution in [0.15, 0.2) is 0 Å². The van der Waals surface area contributed by atoms with Crippen molar-refractivity contribution in [2.75, 3.05) is 0 Å². The van der Waals surface area contributed by atoms with E-state index < -0.39 is 20.2 Å². The molecule has 0 aliphatic heterocycles. The largest absolute Gasteiger partial charge is 2.00 e. The van der Waals surface area contributed by atoms with Gasteiger partial charge in [0.25, 0.3) is 0 Å². The molecule has 7 heteroatoms. The van der Waals surface area contributed by atoms with Gasteiger partial charge < -0.3 is 9.11 Å². The van der Waals surface area contributed by atoms with E-state index in [9.17, 15) is 0 Å². The fraction of sp³-hybridized carbons (Fsp3) is 0. The van der Waals surface area contributed by atoms with Crippen LogP contribution in [0.25, 0.3) is 0 Å². The van der Waals surface area contributed by atoms with Crippen molar-refractivity contribution >= 4 is 20.2 Å². The summed E-state index contributed by atoms with van der Waals surface area (Å²) >= 11 is 0. The van der Waals surface area contributed by atoms with Gasteiger partial charge in [-0.1, -0.05) is 0 Å². The first-order valence-corrected chi connectivity index (χ1v) is 3.50. The number of rotatable bonds is 1. The van der Waals surface area contributed by atoms with E-state index in [1.165, 1.54) is 0 Å². The molecule has 0 aromatic carbocycles. The van der Waals surface area contributed by atoms with Crippen LogP contribution < -0.4 is 0 Å². The molecule has 0 saturated carbocycles. The Morgan fingerprint density at radius 2 is 1.14 bits per heavy atom. The first-order chi connectivity index (χ1) is 2.64. The summed E-state index contributed by atoms with van der Waals surface area (Å²) in [5, 5.41) is 0. The van der Waals surface area contributed by atoms with Gasteiger partial charge in [-0.3, -0.25) is 8.42 Å². The third kappa shape index (κ3) is 6.73. The van der Waals surface area contributed by atoms with Gasteiger partial charge in [-0.05, 0) is 0 Å². The summed E-state index contributed by atoms with van der Waals surface area (Å²) in [6.07, 6.45) is 0. The molecular weight excluding hydrogens is 187 g/mol. The zero-order valence-corrected chi connectivity index (χ0v) is 5.46. The summed E-state index contributed by atoms with van der Waals surface area (Å²) < 4.78 is 36.3. The van der Waals surface area contributed by atoms with Crippen molar-refractivity contribution < 1.29 is 34.3 Å². The van der Waals surface area contributed by atoms with Crippen molar-refractivity contribution in [3.05, 3.63) is 0 Å². The Labute approximate surface area is 54.8 Å². The minimum absolute atomic E-state index is 0. The van der Waals surface area contributed by atoms with E-state index in [1.54, 1.807) is 0 Å². The molecule has 2 atom stereocenters. The molecule has 0 aromatic rings. The van der Waals surface area contributed by atoms with Gasteiger partial charge in [-0.2, -0.15) is 0 Å². The molecule has 0 aromatic heterocycles. The molecule has 0 amide bonds. The molecular formula is CoO4S2. The quantitative estimate of drug-likeness (QED) is 0.375. The fourth-order valence-corrected chi connectivity index (χ4v) is 0. The van der Waals surface area contributed by atoms with Crippen molar-refractivity contribution in [3.63, 3.8) is 0 Å². The van der Waals surface area contributed by atoms with E-state index in [4.69, 9.17) is 17.5 Å². The average molecular weight is 187 g/mol. The minimum atomic E-state index is -2.95. The standard InChI is InChI=1S/Co.H2O4S2/c;1-5(2)6(3)4/h;(H,1,2)(H,3,4)/q+2;/p-2. The summed E-state index contributed by atoms with van der Waals surface area (Å²) in [5.41, 5.74) is 0. The molecule has 0 N–H and O–H groups in total. The summed E-state index contributed by atoms with van der Waals surface area (Å²) in [7, 11) is -5.90. The van der Waals surface area contributed by atoms with Gasteiger partial charge in [-0.15, -0.1) is 0 Å². The molecule has 0 bridgehead atoms. The Bertz CT molecular complexity index is 75.7. The Morgan fingerprint density at radius 1 is 1.00 bits per heavy atom. The smallest absolute Gasteiger partial charge is 0.763 e. The third-order valence-electron chi connectivity index (χ3n) is 0.111. The zero-order chi connectivity index (χ0) is 5.15. The van der Waals surface area contributed by atoms with Crippen molar-refractivity contribution in [1.82, 2.24) is 0 Å². The molecule has 7 heavy (non-hydrogen) atoms. The van der Waals surface area contributed by atoms with Gasteiger partial charge in [0.15, 0.2) is 0 Å². The van der Waals surface area contributed by atoms with Crippen LogP contribution in [-0.4, -0.2) is 17.5 Å². The molecule has 0 heterocycles. The maximum atomic E-state index is 9.09. The van der Waals surface area contributed by atoms with E-state index in [-0.39, 0.29) is 16.8 Å². The fourth-order valence-electron chi connectivity index (χ4n) is 0. The Hall–Kier alpha value is 0.726. The van der Waals surface area contributed by atoms with Gasteiger partial charge in [0.1, 0.15) is 0 Å². The molecule has 0 aliphatic carbocycles. The van der Waals surface area contributed by atoms with Crippen LogP contribution in [-0.2, 0) is 37.0 Å². The topological polar surface area (TPSA) is 80.3 Å². The van der Waals surface area contributed by atoms with Crippen LogP contribution in [0.5, 0.6) is 0 Å². The second-order valence-electron chi connectivity index (χ2n) is 0.408. The molecule has 0 fully saturated rings. The summed E-state index contributed by atoms with van der Waals surface area (Å²) in [6, 6.07) is 0. The molecule has 1 radical (unpaired) electrons. The predicted molar refractivity (Wildman–Crippen MR) is 17.8 cm³/mol. The Kier molecular flexibility index (Phi) is 7.42. The second kappa shape index (κ2) is 4.88. The third-order valence-corrected chi connectivity index (χ3v) is 1.00. The van der Waals surface area contributed by atoms with E-state index in [2.05, 4.69) is 0 Å². The van der Waals surface area contributed by atoms with Gasteiger partial charge in [0.2, 0.25) is 0 Å². The first kappa shape index (κ1) is 10.7. The van der Waals surface area contributed by atoms with Gasteiger partial charge in [0.05, 0.1) is 0 Å². The van der Waals surface area contributed by atoms with Crippen molar-refractivity contribution in [2.24, 2.45) is 0 Å². The molecule has 0 spiro atoms. The summed E-state index contributed by atoms with van der Waals surface area (Å²) in [4.78, 5) is 0. The maximum Gasteiger partial charge on any atom is 2.00 e. The van der Waals surface area contributed by atoms with Gasteiger partial charge in [-0.25, -0.2) is 0 Å². The second-order valence-corrected chi connectivity index (χ2v) is 2.86. The molecule has 0 aliphatic rings. The summed E-state index contributed by atoms with van der Waals surface area (Å²) in [5.74, 6) is 0. The number of hydrogen-bond acceptors (Lipinski definition) is 4. The normalized spacial score (nSPS) is 16.9. The van der Waals surface area contributed by atoms with Crippen LogP contribution in [0.4, 0.5) is 0 Å². The van der Waals surface area contributed by atoms with E-state index in [0.717, 1.165) is 0 Å². The first-order valence-electron chi connectivity index (χ1n) is 0.833. The van der Waals surface area contributed by atoms with E-state index in [1.807, 2.05) is 0 Å². The van der Waals surface area contributed by atoms with Crippen molar-refractivity contribution in [2.45, 2.75) is 0 Å². The predicted octanol–water partition coefficient (Wildman–Crippen LogP) is -1.34. The van der Waals surface area contributed by atoms with Crippen LogP contribution in [0.2, 0.25) is 0 Å². The summed E-state index contributed by atoms with van der Waals surface area (Å²) in [6.45, 7) is 0. The van der Waals surface area contributed by atoms with Crippen LogP contribution in [0.1, 0.15) is 0 Å². The zero-order valence-electron chi connectivity index (χ0n) is 2.78. The van der Waals surface area contributed by atoms with Crippen LogP contribution in [0.3, 0.4) is 0 Å². The van der Waals surface area contributed by atoms with Crippen LogP contribution in [0, 0.1) is 0 Å². The molecule has 45 valence electrons. The molecule has 0 rings (SSSR count). The number of hydrogen-bond donors (Lipinski definition) is 0. The maximum absolute atomic E-state index is 9.09. The van der Waals surface area contributed by atoms with Crippen molar-refractivity contribution in [1.29, 1.82) is 0 Å². The molecule has 2 unspecified atom stereocenters. The molecule has 0 saturated heterocycles. The monoisotopic (exact) mass is 187 g/mol. The van der Waals surface area contributed by atoms with Crippen molar-refractivity contribution in [3.8, 4) is 0 Å². The van der Waals surface area contributed by atoms with E-state index >= 15 is 0 Å². The SMILES string of the molecule is O=S([O-])S(=O)[O-].[Co+2]. The Morgan fingerprint density at radius 3 is 1.14 bits per heavy atom. The molecule has 4 nitrogen and oxygen atoms in total. The minimum Gasteiger partial charge on any atom is -0.763 e. The van der Waals surface area contributed by atoms with E-state index in [0.29, 0.717) is 0 Å². The van der Waals surface area contributed by atoms with Crippen LogP contribution >= 0.6 is 0 Å². The van der Waals surface area contributed by atoms with Gasteiger partial charge >= 0.3 is 16.8 Å². The Balaban J connectivity index is 0. The van der Waals surface area contributed by atoms with Gasteiger partial charge in [0, 0.05) is 20.2 Å².